The molecule has 5 heteroatoms. The third kappa shape index (κ3) is 13.6. The zero-order chi connectivity index (χ0) is 50.5. The highest BCUT2D eigenvalue weighted by Gasteiger charge is 2.52. The maximum atomic E-state index is 9.90. The van der Waals surface area contributed by atoms with Crippen molar-refractivity contribution in [2.24, 2.45) is 46.3 Å². The summed E-state index contributed by atoms with van der Waals surface area (Å²) in [4.78, 5) is 0. The number of aliphatic hydroxyl groups excluding tert-OH is 3. The van der Waals surface area contributed by atoms with E-state index in [0.717, 1.165) is 93.3 Å². The van der Waals surface area contributed by atoms with Gasteiger partial charge in [-0.15, -0.1) is 0 Å². The van der Waals surface area contributed by atoms with Crippen molar-refractivity contribution in [3.63, 3.8) is 0 Å². The molecule has 14 aliphatic carbocycles. The Bertz CT molecular complexity index is 2120. The zero-order valence-electron chi connectivity index (χ0n) is 47.1. The van der Waals surface area contributed by atoms with Crippen molar-refractivity contribution in [3.05, 3.63) is 79.4 Å². The van der Waals surface area contributed by atoms with Crippen LogP contribution in [0.2, 0.25) is 0 Å². The van der Waals surface area contributed by atoms with E-state index in [1.807, 2.05) is 18.3 Å². The average Bonchev–Trinajstić information content (AvgIpc) is 4.03. The molecule has 4 saturated carbocycles. The fourth-order valence-corrected chi connectivity index (χ4v) is 19.0. The predicted octanol–water partition coefficient (Wildman–Crippen LogP) is 18.9. The monoisotopic (exact) mass is 1030 g/mol. The van der Waals surface area contributed by atoms with Gasteiger partial charge in [0, 0.05) is 12.8 Å². The maximum absolute atomic E-state index is 9.90. The van der Waals surface area contributed by atoms with Gasteiger partial charge in [-0.25, -0.2) is 0 Å². The summed E-state index contributed by atoms with van der Waals surface area (Å²) < 4.78 is 10.8. The molecule has 0 aromatic heterocycles. The van der Waals surface area contributed by atoms with Crippen molar-refractivity contribution < 1.29 is 24.8 Å². The molecule has 75 heavy (non-hydrogen) atoms. The first-order chi connectivity index (χ1) is 35.5. The van der Waals surface area contributed by atoms with E-state index < -0.39 is 0 Å². The van der Waals surface area contributed by atoms with E-state index in [9.17, 15) is 15.3 Å². The van der Waals surface area contributed by atoms with Gasteiger partial charge in [0.2, 0.25) is 0 Å². The van der Waals surface area contributed by atoms with Gasteiger partial charge in [0.15, 0.2) is 0 Å². The molecule has 422 valence electrons. The molecule has 0 radical (unpaired) electrons. The van der Waals surface area contributed by atoms with Crippen LogP contribution < -0.4 is 0 Å². The molecule has 5 nitrogen and oxygen atoms in total. The second-order valence-corrected chi connectivity index (χ2v) is 27.2. The molecular weight excluding hydrogens is 921 g/mol. The largest absolute Gasteiger partial charge is 0.501 e. The summed E-state index contributed by atoms with van der Waals surface area (Å²) in [6, 6.07) is 0. The fourth-order valence-electron chi connectivity index (χ4n) is 19.0. The van der Waals surface area contributed by atoms with Gasteiger partial charge in [0.25, 0.3) is 0 Å². The second-order valence-electron chi connectivity index (χ2n) is 27.2. The topological polar surface area (TPSA) is 79.2 Å². The number of methoxy groups -OCH3 is 2. The number of allylic oxidation sites excluding steroid dienone is 9. The molecule has 0 spiro atoms. The van der Waals surface area contributed by atoms with Crippen molar-refractivity contribution in [1.29, 1.82) is 0 Å². The number of hydrogen-bond acceptors (Lipinski definition) is 5. The molecule has 11 atom stereocenters. The Balaban J connectivity index is 0.000000127. The molecule has 3 N–H and O–H groups in total. The van der Waals surface area contributed by atoms with Gasteiger partial charge in [-0.1, -0.05) is 97.3 Å². The smallest absolute Gasteiger partial charge is 0.0959 e. The van der Waals surface area contributed by atoms with Gasteiger partial charge in [-0.2, -0.15) is 0 Å². The summed E-state index contributed by atoms with van der Waals surface area (Å²) in [5.74, 6) is 8.27. The summed E-state index contributed by atoms with van der Waals surface area (Å²) in [6.45, 7) is 5.17. The molecule has 4 fully saturated rings. The third-order valence-electron chi connectivity index (χ3n) is 23.1. The minimum atomic E-state index is -0.0318. The number of fused-ring (bicyclic) bond motifs is 8. The van der Waals surface area contributed by atoms with Gasteiger partial charge in [-0.05, 0) is 283 Å². The molecule has 0 bridgehead atoms. The average molecular weight is 1030 g/mol. The van der Waals surface area contributed by atoms with Crippen LogP contribution in [0.25, 0.3) is 0 Å². The Labute approximate surface area is 460 Å². The van der Waals surface area contributed by atoms with Gasteiger partial charge in [0.05, 0.1) is 44.0 Å². The maximum Gasteiger partial charge on any atom is 0.0959 e. The predicted molar refractivity (Wildman–Crippen MR) is 314 cm³/mol. The molecule has 0 aliphatic heterocycles. The summed E-state index contributed by atoms with van der Waals surface area (Å²) >= 11 is 0. The normalized spacial score (nSPS) is 37.2. The van der Waals surface area contributed by atoms with Crippen LogP contribution in [0.15, 0.2) is 79.4 Å². The third-order valence-corrected chi connectivity index (χ3v) is 23.1. The summed E-state index contributed by atoms with van der Waals surface area (Å²) in [5, 5.41) is 28.7. The van der Waals surface area contributed by atoms with Crippen LogP contribution in [-0.4, -0.2) is 47.9 Å². The summed E-state index contributed by atoms with van der Waals surface area (Å²) in [6.07, 6.45) is 55.1. The minimum Gasteiger partial charge on any atom is -0.501 e. The highest BCUT2D eigenvalue weighted by Crippen LogP contribution is 2.62. The van der Waals surface area contributed by atoms with Crippen LogP contribution in [0.4, 0.5) is 0 Å². The van der Waals surface area contributed by atoms with E-state index in [1.165, 1.54) is 204 Å². The number of hydrogen-bond donors (Lipinski definition) is 3. The molecule has 0 aromatic carbocycles. The van der Waals surface area contributed by atoms with Crippen LogP contribution in [0.5, 0.6) is 0 Å². The Morgan fingerprint density at radius 2 is 0.800 bits per heavy atom. The molecule has 0 saturated heterocycles. The second kappa shape index (κ2) is 26.7. The Morgan fingerprint density at radius 3 is 1.33 bits per heavy atom. The summed E-state index contributed by atoms with van der Waals surface area (Å²) in [5.41, 5.74) is 18.4. The van der Waals surface area contributed by atoms with Gasteiger partial charge < -0.3 is 24.8 Å². The lowest BCUT2D eigenvalue weighted by atomic mass is 9.54. The van der Waals surface area contributed by atoms with Crippen molar-refractivity contribution in [2.75, 3.05) is 14.2 Å². The Kier molecular flexibility index (Phi) is 21.0. The molecule has 0 aromatic rings. The minimum absolute atomic E-state index is 0. The first kappa shape index (κ1) is 58.8. The lowest BCUT2D eigenvalue weighted by Crippen LogP contribution is -2.41. The number of ether oxygens (including phenoxy) is 2. The van der Waals surface area contributed by atoms with Crippen LogP contribution in [-0.2, 0) is 9.47 Å². The lowest BCUT2D eigenvalue weighted by Gasteiger charge is -2.51. The van der Waals surface area contributed by atoms with Gasteiger partial charge >= 0.3 is 0 Å². The summed E-state index contributed by atoms with van der Waals surface area (Å²) in [7, 11) is 3.60. The molecule has 6 unspecified atom stereocenters. The molecular formula is C70H112O5. The molecule has 0 heterocycles. The standard InChI is InChI=1S/C19H28O.C18H28O.C11H16O.2C10H16O.2CH4/c1-19-10-3-4-18(19)17-7-5-13-12-14(20-2)6-8-15(13)16(17)9-11-19;1-18-9-2-3-17(18)16-6-4-12-11-13(19)5-7-14(12)15(16)8-10-18;1-12-11-7-6-9-4-2-3-5-10(9)8-11;2*11-10-6-5-8-3-1-2-4-9(8)7-10;;/h6,16-18H,3-5,7-12H2,1-2H3;13,15-17,19H,2-11H2,1H3;7H,2-6,8H2,1H3;2*10-11H,1-7H2;2*1H4/t16?,17?,18?,19-;13-,15?,16?,17?,18-;;2*10-;;/m00.00../s1. The van der Waals surface area contributed by atoms with Crippen LogP contribution >= 0.6 is 0 Å². The van der Waals surface area contributed by atoms with Crippen molar-refractivity contribution in [1.82, 2.24) is 0 Å². The van der Waals surface area contributed by atoms with E-state index in [2.05, 4.69) is 26.0 Å². The van der Waals surface area contributed by atoms with Gasteiger partial charge in [0.1, 0.15) is 0 Å². The first-order valence-electron chi connectivity index (χ1n) is 31.5. The van der Waals surface area contributed by atoms with Crippen LogP contribution in [0.3, 0.4) is 0 Å². The quantitative estimate of drug-likeness (QED) is 0.240. The van der Waals surface area contributed by atoms with E-state index in [4.69, 9.17) is 9.47 Å². The molecule has 14 aliphatic rings. The van der Waals surface area contributed by atoms with E-state index in [0.29, 0.717) is 10.8 Å². The first-order valence-corrected chi connectivity index (χ1v) is 31.5. The molecule has 0 amide bonds. The molecule has 14 rings (SSSR count). The Morgan fingerprint density at radius 1 is 0.387 bits per heavy atom. The van der Waals surface area contributed by atoms with Crippen LogP contribution in [0.1, 0.15) is 279 Å². The fraction of sp³-hybridized carbons (Fsp3) is 0.800. The number of rotatable bonds is 2. The van der Waals surface area contributed by atoms with Crippen molar-refractivity contribution >= 4 is 0 Å². The highest BCUT2D eigenvalue weighted by molar-refractivity contribution is 5.33. The zero-order valence-corrected chi connectivity index (χ0v) is 47.1. The number of aliphatic hydroxyl groups is 3. The van der Waals surface area contributed by atoms with E-state index in [1.54, 1.807) is 51.7 Å². The van der Waals surface area contributed by atoms with Gasteiger partial charge in [-0.3, -0.25) is 0 Å². The Hall–Kier alpha value is -2.34. The van der Waals surface area contributed by atoms with E-state index >= 15 is 0 Å². The lowest BCUT2D eigenvalue weighted by molar-refractivity contribution is 0.0369. The van der Waals surface area contributed by atoms with Crippen LogP contribution in [0, 0.1) is 46.3 Å². The SMILES string of the molecule is C.C.COC1=CCC2=C(CCC3C2CC[C@]2(C)CCCC32)C1.COC1=CCC2=C(CCCC2)C1.C[C@@]12CCCC1C1CCC3=C(CC[C@H](O)C3)C1CC2.O[C@H]1CCC2=C(CCCC2)C1.O[C@H]1CCC2=C(CCCC2)C1. The van der Waals surface area contributed by atoms with Crippen molar-refractivity contribution in [3.8, 4) is 0 Å². The van der Waals surface area contributed by atoms with Crippen molar-refractivity contribution in [2.45, 2.75) is 297 Å². The highest BCUT2D eigenvalue weighted by atomic mass is 16.5. The van der Waals surface area contributed by atoms with E-state index in [-0.39, 0.29) is 33.2 Å².